The van der Waals surface area contributed by atoms with E-state index in [2.05, 4.69) is 10.6 Å². The Kier molecular flexibility index (Phi) is 4.04. The summed E-state index contributed by atoms with van der Waals surface area (Å²) in [5, 5.41) is 6.26. The molecule has 1 aliphatic heterocycles. The van der Waals surface area contributed by atoms with Crippen LogP contribution in [-0.4, -0.2) is 17.0 Å². The first-order chi connectivity index (χ1) is 9.15. The van der Waals surface area contributed by atoms with E-state index in [4.69, 9.17) is 0 Å². The summed E-state index contributed by atoms with van der Waals surface area (Å²) < 4.78 is 1.89. The van der Waals surface area contributed by atoms with Gasteiger partial charge in [-0.2, -0.15) is 0 Å². The molecule has 0 fully saturated rings. The van der Waals surface area contributed by atoms with Gasteiger partial charge in [0.25, 0.3) is 5.91 Å². The normalized spacial score (nSPS) is 12.3. The summed E-state index contributed by atoms with van der Waals surface area (Å²) in [6.45, 7) is 2.96. The molecule has 0 radical (unpaired) electrons. The highest BCUT2D eigenvalue weighted by Gasteiger charge is 2.13. The first-order valence-corrected chi connectivity index (χ1v) is 6.45. The van der Waals surface area contributed by atoms with Gasteiger partial charge in [-0.1, -0.05) is 0 Å². The van der Waals surface area contributed by atoms with Crippen molar-refractivity contribution in [3.63, 3.8) is 0 Å². The molecule has 0 unspecified atom stereocenters. The van der Waals surface area contributed by atoms with E-state index in [0.29, 0.717) is 5.69 Å². The molecule has 0 bridgehead atoms. The van der Waals surface area contributed by atoms with E-state index in [0.717, 1.165) is 24.3 Å². The first kappa shape index (κ1) is 14.5. The predicted octanol–water partition coefficient (Wildman–Crippen LogP) is 2.98. The molecule has 5 heteroatoms. The molecule has 0 saturated carbocycles. The maximum atomic E-state index is 12.2. The van der Waals surface area contributed by atoms with Gasteiger partial charge in [-0.15, -0.1) is 12.4 Å². The molecule has 0 saturated heterocycles. The minimum Gasteiger partial charge on any atom is -0.384 e. The van der Waals surface area contributed by atoms with Gasteiger partial charge in [0.1, 0.15) is 5.69 Å². The number of nitrogens with zero attached hydrogens (tertiary/aromatic N) is 1. The fourth-order valence-electron chi connectivity index (χ4n) is 2.42. The maximum Gasteiger partial charge on any atom is 0.272 e. The summed E-state index contributed by atoms with van der Waals surface area (Å²) >= 11 is 0. The van der Waals surface area contributed by atoms with Crippen LogP contribution in [0.5, 0.6) is 0 Å². The lowest BCUT2D eigenvalue weighted by atomic mass is 10.1. The number of carbonyl (C=O) groups is 1. The quantitative estimate of drug-likeness (QED) is 0.893. The lowest BCUT2D eigenvalue weighted by molar-refractivity contribution is 0.101. The molecule has 3 rings (SSSR count). The molecule has 1 amide bonds. The van der Waals surface area contributed by atoms with E-state index in [-0.39, 0.29) is 18.3 Å². The summed E-state index contributed by atoms with van der Waals surface area (Å²) in [5.41, 5.74) is 5.04. The third-order valence-electron chi connectivity index (χ3n) is 3.68. The second kappa shape index (κ2) is 5.59. The molecule has 20 heavy (non-hydrogen) atoms. The summed E-state index contributed by atoms with van der Waals surface area (Å²) in [5.74, 6) is -0.0680. The highest BCUT2D eigenvalue weighted by atomic mass is 35.5. The number of benzene rings is 1. The van der Waals surface area contributed by atoms with Crippen LogP contribution >= 0.6 is 12.4 Å². The zero-order valence-electron chi connectivity index (χ0n) is 11.6. The Morgan fingerprint density at radius 2 is 2.10 bits per heavy atom. The molecule has 2 N–H and O–H groups in total. The largest absolute Gasteiger partial charge is 0.384 e. The van der Waals surface area contributed by atoms with Crippen LogP contribution in [0.15, 0.2) is 30.3 Å². The Morgan fingerprint density at radius 1 is 1.30 bits per heavy atom. The second-order valence-electron chi connectivity index (χ2n) is 4.92. The van der Waals surface area contributed by atoms with Crippen LogP contribution in [0.25, 0.3) is 0 Å². The zero-order valence-corrected chi connectivity index (χ0v) is 12.4. The number of anilines is 2. The molecular formula is C15H18ClN3O. The number of aryl methyl sites for hydroxylation is 1. The fourth-order valence-corrected chi connectivity index (χ4v) is 2.42. The molecule has 0 spiro atoms. The van der Waals surface area contributed by atoms with Crippen molar-refractivity contribution in [1.82, 2.24) is 4.57 Å². The average molecular weight is 292 g/mol. The van der Waals surface area contributed by atoms with Gasteiger partial charge in [-0.05, 0) is 49.2 Å². The molecule has 2 heterocycles. The lowest BCUT2D eigenvalue weighted by Crippen LogP contribution is -2.16. The van der Waals surface area contributed by atoms with Crippen molar-refractivity contribution in [2.24, 2.45) is 7.05 Å². The minimum atomic E-state index is -0.0680. The number of aromatic nitrogens is 1. The van der Waals surface area contributed by atoms with Crippen molar-refractivity contribution in [1.29, 1.82) is 0 Å². The molecule has 0 atom stereocenters. The van der Waals surface area contributed by atoms with Gasteiger partial charge in [0.2, 0.25) is 0 Å². The van der Waals surface area contributed by atoms with Gasteiger partial charge in [0.15, 0.2) is 0 Å². The van der Waals surface area contributed by atoms with Crippen LogP contribution in [-0.2, 0) is 13.5 Å². The zero-order chi connectivity index (χ0) is 13.4. The summed E-state index contributed by atoms with van der Waals surface area (Å²) in [7, 11) is 1.90. The Bertz CT molecular complexity index is 649. The number of nitrogens with one attached hydrogen (secondary N) is 2. The van der Waals surface area contributed by atoms with Crippen molar-refractivity contribution in [3.05, 3.63) is 47.3 Å². The van der Waals surface area contributed by atoms with Crippen LogP contribution in [0, 0.1) is 6.92 Å². The van der Waals surface area contributed by atoms with E-state index < -0.39 is 0 Å². The molecule has 2 aromatic rings. The van der Waals surface area contributed by atoms with Crippen molar-refractivity contribution in [3.8, 4) is 0 Å². The van der Waals surface area contributed by atoms with Crippen molar-refractivity contribution in [2.75, 3.05) is 17.2 Å². The smallest absolute Gasteiger partial charge is 0.272 e. The fraction of sp³-hybridized carbons (Fsp3) is 0.267. The van der Waals surface area contributed by atoms with E-state index in [1.54, 1.807) is 0 Å². The number of hydrogen-bond acceptors (Lipinski definition) is 2. The molecule has 0 aliphatic carbocycles. The number of amides is 1. The van der Waals surface area contributed by atoms with Crippen molar-refractivity contribution < 1.29 is 4.79 Å². The number of carbonyl (C=O) groups excluding carboxylic acids is 1. The van der Waals surface area contributed by atoms with Crippen LogP contribution in [0.1, 0.15) is 21.7 Å². The van der Waals surface area contributed by atoms with Crippen LogP contribution in [0.4, 0.5) is 11.4 Å². The van der Waals surface area contributed by atoms with Crippen LogP contribution in [0.3, 0.4) is 0 Å². The monoisotopic (exact) mass is 291 g/mol. The highest BCUT2D eigenvalue weighted by molar-refractivity contribution is 6.03. The molecular weight excluding hydrogens is 274 g/mol. The van der Waals surface area contributed by atoms with Gasteiger partial charge >= 0.3 is 0 Å². The SMILES string of the molecule is Cc1ccc(C(=O)Nc2ccc3c(c2)CCN3)n1C.Cl. The standard InChI is InChI=1S/C15H17N3O.ClH/c1-10-3-6-14(18(10)2)15(19)17-12-4-5-13-11(9-12)7-8-16-13;/h3-6,9,16H,7-8H2,1-2H3,(H,17,19);1H. The Morgan fingerprint density at radius 3 is 2.80 bits per heavy atom. The number of rotatable bonds is 2. The Balaban J connectivity index is 0.00000147. The number of halogens is 1. The minimum absolute atomic E-state index is 0. The van der Waals surface area contributed by atoms with E-state index >= 15 is 0 Å². The topological polar surface area (TPSA) is 46.1 Å². The molecule has 1 aliphatic rings. The number of fused-ring (bicyclic) bond motifs is 1. The summed E-state index contributed by atoms with van der Waals surface area (Å²) in [6, 6.07) is 9.79. The number of hydrogen-bond donors (Lipinski definition) is 2. The maximum absolute atomic E-state index is 12.2. The van der Waals surface area contributed by atoms with Crippen LogP contribution < -0.4 is 10.6 Å². The van der Waals surface area contributed by atoms with E-state index in [9.17, 15) is 4.79 Å². The van der Waals surface area contributed by atoms with Gasteiger partial charge in [-0.3, -0.25) is 4.79 Å². The van der Waals surface area contributed by atoms with Crippen molar-refractivity contribution in [2.45, 2.75) is 13.3 Å². The lowest BCUT2D eigenvalue weighted by Gasteiger charge is -2.08. The van der Waals surface area contributed by atoms with Gasteiger partial charge in [0, 0.05) is 30.7 Å². The predicted molar refractivity (Wildman–Crippen MR) is 84.0 cm³/mol. The van der Waals surface area contributed by atoms with Gasteiger partial charge in [-0.25, -0.2) is 0 Å². The van der Waals surface area contributed by atoms with Crippen molar-refractivity contribution >= 4 is 29.7 Å². The first-order valence-electron chi connectivity index (χ1n) is 6.45. The molecule has 106 valence electrons. The average Bonchev–Trinajstić information content (AvgIpc) is 2.97. The Hall–Kier alpha value is -1.94. The van der Waals surface area contributed by atoms with Gasteiger partial charge in [0.05, 0.1) is 0 Å². The molecule has 4 nitrogen and oxygen atoms in total. The third kappa shape index (κ3) is 2.51. The van der Waals surface area contributed by atoms with Crippen LogP contribution in [0.2, 0.25) is 0 Å². The molecule has 1 aromatic carbocycles. The van der Waals surface area contributed by atoms with E-state index in [1.165, 1.54) is 11.3 Å². The second-order valence-corrected chi connectivity index (χ2v) is 4.92. The molecule has 1 aromatic heterocycles. The van der Waals surface area contributed by atoms with Gasteiger partial charge < -0.3 is 15.2 Å². The highest BCUT2D eigenvalue weighted by Crippen LogP contribution is 2.25. The summed E-state index contributed by atoms with van der Waals surface area (Å²) in [4.78, 5) is 12.2. The summed E-state index contributed by atoms with van der Waals surface area (Å²) in [6.07, 6.45) is 1.02. The third-order valence-corrected chi connectivity index (χ3v) is 3.68. The van der Waals surface area contributed by atoms with E-state index in [1.807, 2.05) is 48.9 Å². The Labute approximate surface area is 124 Å².